The molecule has 0 aliphatic carbocycles. The van der Waals surface area contributed by atoms with Crippen molar-refractivity contribution in [3.05, 3.63) is 42.1 Å². The number of carbonyl (C=O) groups is 1. The fourth-order valence-corrected chi connectivity index (χ4v) is 1.47. The van der Waals surface area contributed by atoms with Crippen LogP contribution in [0, 0.1) is 0 Å². The molecular formula is C11H9NOS. The van der Waals surface area contributed by atoms with E-state index in [-0.39, 0.29) is 5.12 Å². The summed E-state index contributed by atoms with van der Waals surface area (Å²) in [6.07, 6.45) is 5.07. The molecule has 0 atom stereocenters. The Kier molecular flexibility index (Phi) is 2.41. The molecule has 0 bridgehead atoms. The standard InChI is InChI=1S/C11H9NOS/c13-11(14)6-5-8-7-12-10-4-2-1-3-9(8)10/h1-7,12H,(H,13,14)/b6-5+. The number of para-hydroxylation sites is 1. The van der Waals surface area contributed by atoms with Crippen LogP contribution in [0.15, 0.2) is 36.5 Å². The molecule has 0 amide bonds. The van der Waals surface area contributed by atoms with Crippen LogP contribution in [0.1, 0.15) is 5.56 Å². The third-order valence-corrected chi connectivity index (χ3v) is 2.18. The molecular weight excluding hydrogens is 194 g/mol. The highest BCUT2D eigenvalue weighted by Gasteiger charge is 1.98. The van der Waals surface area contributed by atoms with Crippen LogP contribution in [-0.4, -0.2) is 10.1 Å². The monoisotopic (exact) mass is 203 g/mol. The minimum atomic E-state index is -0.240. The van der Waals surface area contributed by atoms with E-state index in [0.29, 0.717) is 0 Å². The molecule has 0 aliphatic rings. The molecule has 0 spiro atoms. The van der Waals surface area contributed by atoms with Crippen molar-refractivity contribution in [2.75, 3.05) is 0 Å². The van der Waals surface area contributed by atoms with Crippen LogP contribution in [0.2, 0.25) is 0 Å². The van der Waals surface area contributed by atoms with Crippen LogP contribution < -0.4 is 0 Å². The first-order valence-corrected chi connectivity index (χ1v) is 4.69. The smallest absolute Gasteiger partial charge is 0.209 e. The minimum absolute atomic E-state index is 0.240. The quantitative estimate of drug-likeness (QED) is 0.571. The second-order valence-electron chi connectivity index (χ2n) is 2.96. The van der Waals surface area contributed by atoms with Crippen molar-refractivity contribution in [2.24, 2.45) is 0 Å². The Bertz CT molecular complexity index is 499. The predicted octanol–water partition coefficient (Wildman–Crippen LogP) is 2.64. The van der Waals surface area contributed by atoms with Gasteiger partial charge in [0.1, 0.15) is 0 Å². The summed E-state index contributed by atoms with van der Waals surface area (Å²) in [6.45, 7) is 0. The van der Waals surface area contributed by atoms with Crippen molar-refractivity contribution in [1.82, 2.24) is 4.98 Å². The number of benzene rings is 1. The van der Waals surface area contributed by atoms with Gasteiger partial charge in [0, 0.05) is 17.1 Å². The molecule has 70 valence electrons. The maximum Gasteiger partial charge on any atom is 0.209 e. The number of H-pyrrole nitrogens is 1. The van der Waals surface area contributed by atoms with E-state index in [9.17, 15) is 4.79 Å². The van der Waals surface area contributed by atoms with E-state index in [2.05, 4.69) is 17.6 Å². The Morgan fingerprint density at radius 2 is 2.14 bits per heavy atom. The number of nitrogens with one attached hydrogen (secondary N) is 1. The Balaban J connectivity index is 2.48. The lowest BCUT2D eigenvalue weighted by molar-refractivity contribution is -0.106. The Morgan fingerprint density at radius 3 is 2.93 bits per heavy atom. The molecule has 1 aromatic heterocycles. The van der Waals surface area contributed by atoms with Crippen molar-refractivity contribution in [3.63, 3.8) is 0 Å². The predicted molar refractivity (Wildman–Crippen MR) is 61.3 cm³/mol. The summed E-state index contributed by atoms with van der Waals surface area (Å²) in [4.78, 5) is 13.8. The summed E-state index contributed by atoms with van der Waals surface area (Å²) in [5, 5.41) is 0.869. The van der Waals surface area contributed by atoms with Gasteiger partial charge in [0.15, 0.2) is 0 Å². The SMILES string of the molecule is O=C(S)/C=C/c1c[nH]c2ccccc12. The van der Waals surface area contributed by atoms with Gasteiger partial charge in [-0.3, -0.25) is 4.79 Å². The molecule has 1 heterocycles. The average molecular weight is 203 g/mol. The maximum atomic E-state index is 10.6. The van der Waals surface area contributed by atoms with Crippen LogP contribution >= 0.6 is 12.6 Å². The van der Waals surface area contributed by atoms with Gasteiger partial charge in [0.05, 0.1) is 0 Å². The number of carbonyl (C=O) groups excluding carboxylic acids is 1. The number of aromatic nitrogens is 1. The van der Waals surface area contributed by atoms with E-state index in [0.717, 1.165) is 16.5 Å². The van der Waals surface area contributed by atoms with Crippen LogP contribution in [0.5, 0.6) is 0 Å². The number of hydrogen-bond acceptors (Lipinski definition) is 1. The Hall–Kier alpha value is -1.48. The van der Waals surface area contributed by atoms with Crippen molar-refractivity contribution < 1.29 is 4.79 Å². The van der Waals surface area contributed by atoms with E-state index in [1.807, 2.05) is 30.5 Å². The number of hydrogen-bond donors (Lipinski definition) is 2. The highest BCUT2D eigenvalue weighted by Crippen LogP contribution is 2.18. The fraction of sp³-hybridized carbons (Fsp3) is 0. The van der Waals surface area contributed by atoms with Crippen LogP contribution in [0.3, 0.4) is 0 Å². The average Bonchev–Trinajstić information content (AvgIpc) is 2.58. The Labute approximate surface area is 87.0 Å². The maximum absolute atomic E-state index is 10.6. The topological polar surface area (TPSA) is 32.9 Å². The molecule has 3 heteroatoms. The normalized spacial score (nSPS) is 11.2. The lowest BCUT2D eigenvalue weighted by Gasteiger charge is -1.89. The van der Waals surface area contributed by atoms with Gasteiger partial charge in [0.25, 0.3) is 0 Å². The molecule has 0 radical (unpaired) electrons. The summed E-state index contributed by atoms with van der Waals surface area (Å²) in [7, 11) is 0. The van der Waals surface area contributed by atoms with E-state index < -0.39 is 0 Å². The molecule has 0 saturated heterocycles. The minimum Gasteiger partial charge on any atom is -0.361 e. The van der Waals surface area contributed by atoms with E-state index in [1.165, 1.54) is 6.08 Å². The zero-order valence-corrected chi connectivity index (χ0v) is 8.29. The van der Waals surface area contributed by atoms with Gasteiger partial charge in [-0.1, -0.05) is 18.2 Å². The number of fused-ring (bicyclic) bond motifs is 1. The largest absolute Gasteiger partial charge is 0.361 e. The first kappa shape index (κ1) is 9.09. The summed E-state index contributed by atoms with van der Waals surface area (Å²) < 4.78 is 0. The van der Waals surface area contributed by atoms with E-state index in [4.69, 9.17) is 0 Å². The van der Waals surface area contributed by atoms with Crippen molar-refractivity contribution in [3.8, 4) is 0 Å². The molecule has 2 nitrogen and oxygen atoms in total. The zero-order chi connectivity index (χ0) is 9.97. The third-order valence-electron chi connectivity index (χ3n) is 2.03. The molecule has 0 unspecified atom stereocenters. The van der Waals surface area contributed by atoms with Crippen LogP contribution in [-0.2, 0) is 4.79 Å². The van der Waals surface area contributed by atoms with Gasteiger partial charge in [-0.15, -0.1) is 12.6 Å². The molecule has 2 aromatic rings. The molecule has 0 aliphatic heterocycles. The van der Waals surface area contributed by atoms with Gasteiger partial charge in [-0.25, -0.2) is 0 Å². The first-order valence-electron chi connectivity index (χ1n) is 4.24. The third kappa shape index (κ3) is 1.72. The van der Waals surface area contributed by atoms with Gasteiger partial charge in [0.2, 0.25) is 5.12 Å². The molecule has 1 N–H and O–H groups in total. The van der Waals surface area contributed by atoms with Crippen molar-refractivity contribution in [2.45, 2.75) is 0 Å². The van der Waals surface area contributed by atoms with Gasteiger partial charge < -0.3 is 4.98 Å². The summed E-state index contributed by atoms with van der Waals surface area (Å²) in [6, 6.07) is 7.94. The number of thiol groups is 1. The number of rotatable bonds is 2. The summed E-state index contributed by atoms with van der Waals surface area (Å²) in [5.74, 6) is 0. The molecule has 1 aromatic carbocycles. The lowest BCUT2D eigenvalue weighted by atomic mass is 10.2. The fourth-order valence-electron chi connectivity index (χ4n) is 1.39. The molecule has 2 rings (SSSR count). The van der Waals surface area contributed by atoms with Crippen LogP contribution in [0.4, 0.5) is 0 Å². The van der Waals surface area contributed by atoms with E-state index in [1.54, 1.807) is 6.08 Å². The van der Waals surface area contributed by atoms with Crippen molar-refractivity contribution >= 4 is 34.7 Å². The molecule has 0 saturated carbocycles. The van der Waals surface area contributed by atoms with Gasteiger partial charge >= 0.3 is 0 Å². The first-order chi connectivity index (χ1) is 6.77. The molecule has 0 fully saturated rings. The number of aromatic amines is 1. The second kappa shape index (κ2) is 3.72. The zero-order valence-electron chi connectivity index (χ0n) is 7.40. The summed E-state index contributed by atoms with van der Waals surface area (Å²) in [5.41, 5.74) is 2.07. The van der Waals surface area contributed by atoms with Gasteiger partial charge in [-0.2, -0.15) is 0 Å². The van der Waals surface area contributed by atoms with Gasteiger partial charge in [-0.05, 0) is 23.8 Å². The van der Waals surface area contributed by atoms with Crippen LogP contribution in [0.25, 0.3) is 17.0 Å². The lowest BCUT2D eigenvalue weighted by Crippen LogP contribution is -1.74. The Morgan fingerprint density at radius 1 is 1.36 bits per heavy atom. The summed E-state index contributed by atoms with van der Waals surface area (Å²) >= 11 is 3.67. The molecule has 14 heavy (non-hydrogen) atoms. The van der Waals surface area contributed by atoms with Crippen molar-refractivity contribution in [1.29, 1.82) is 0 Å². The highest BCUT2D eigenvalue weighted by atomic mass is 32.1. The highest BCUT2D eigenvalue weighted by molar-refractivity contribution is 7.97. The van der Waals surface area contributed by atoms with E-state index >= 15 is 0 Å². The second-order valence-corrected chi connectivity index (χ2v) is 3.40.